The summed E-state index contributed by atoms with van der Waals surface area (Å²) >= 11 is 1.04. The lowest BCUT2D eigenvalue weighted by atomic mass is 9.99. The first-order valence-electron chi connectivity index (χ1n) is 6.70. The van der Waals surface area contributed by atoms with Crippen molar-refractivity contribution in [3.05, 3.63) is 5.69 Å². The Balaban J connectivity index is 1.69. The lowest BCUT2D eigenvalue weighted by Gasteiger charge is -2.15. The maximum Gasteiger partial charge on any atom is 0.252 e. The van der Waals surface area contributed by atoms with Crippen LogP contribution in [0.2, 0.25) is 0 Å². The lowest BCUT2D eigenvalue weighted by molar-refractivity contribution is 0.401. The number of anilines is 1. The molecule has 7 heteroatoms. The summed E-state index contributed by atoms with van der Waals surface area (Å²) in [6.07, 6.45) is 5.04. The number of nitrogens with one attached hydrogen (secondary N) is 1. The molecule has 1 aromatic heterocycles. The van der Waals surface area contributed by atoms with E-state index >= 15 is 0 Å². The standard InChI is InChI=1S/C12H19N3O2S2/c1-7-11(18-12(13)15-7)19(16,17)14-6-10(8-2-3-8)9-4-5-9/h8-10,14H,2-6H2,1H3,(H2,13,15). The molecule has 5 nitrogen and oxygen atoms in total. The Bertz CT molecular complexity index is 562. The molecule has 0 bridgehead atoms. The highest BCUT2D eigenvalue weighted by Crippen LogP contribution is 2.48. The average Bonchev–Trinajstić information content (AvgIpc) is 3.20. The minimum Gasteiger partial charge on any atom is -0.375 e. The van der Waals surface area contributed by atoms with Crippen molar-refractivity contribution in [1.29, 1.82) is 0 Å². The van der Waals surface area contributed by atoms with Crippen LogP contribution in [-0.2, 0) is 10.0 Å². The number of nitrogen functional groups attached to an aromatic ring is 1. The highest BCUT2D eigenvalue weighted by molar-refractivity contribution is 7.91. The van der Waals surface area contributed by atoms with Crippen LogP contribution in [0.3, 0.4) is 0 Å². The highest BCUT2D eigenvalue weighted by Gasteiger charge is 2.41. The summed E-state index contributed by atoms with van der Waals surface area (Å²) in [4.78, 5) is 3.98. The Morgan fingerprint density at radius 1 is 1.37 bits per heavy atom. The maximum absolute atomic E-state index is 12.3. The summed E-state index contributed by atoms with van der Waals surface area (Å²) in [5, 5.41) is 0.304. The van der Waals surface area contributed by atoms with Gasteiger partial charge in [-0.3, -0.25) is 0 Å². The molecule has 3 N–H and O–H groups in total. The second kappa shape index (κ2) is 4.71. The van der Waals surface area contributed by atoms with Gasteiger partial charge in [-0.2, -0.15) is 0 Å². The van der Waals surface area contributed by atoms with Gasteiger partial charge in [-0.15, -0.1) is 0 Å². The van der Waals surface area contributed by atoms with Crippen molar-refractivity contribution in [1.82, 2.24) is 9.71 Å². The first kappa shape index (κ1) is 13.3. The maximum atomic E-state index is 12.3. The summed E-state index contributed by atoms with van der Waals surface area (Å²) in [7, 11) is -3.45. The van der Waals surface area contributed by atoms with E-state index < -0.39 is 10.0 Å². The normalized spacial score (nSPS) is 20.1. The number of nitrogens with two attached hydrogens (primary N) is 1. The van der Waals surface area contributed by atoms with E-state index in [1.54, 1.807) is 6.92 Å². The van der Waals surface area contributed by atoms with E-state index in [2.05, 4.69) is 9.71 Å². The topological polar surface area (TPSA) is 85.1 Å². The zero-order valence-corrected chi connectivity index (χ0v) is 12.6. The van der Waals surface area contributed by atoms with Crippen molar-refractivity contribution in [2.45, 2.75) is 36.8 Å². The minimum absolute atomic E-state index is 0.260. The fraction of sp³-hybridized carbons (Fsp3) is 0.750. The molecule has 2 aliphatic carbocycles. The van der Waals surface area contributed by atoms with Gasteiger partial charge in [0.1, 0.15) is 0 Å². The molecule has 0 atom stereocenters. The second-order valence-electron chi connectivity index (χ2n) is 5.62. The van der Waals surface area contributed by atoms with Crippen LogP contribution in [0.1, 0.15) is 31.4 Å². The predicted molar refractivity (Wildman–Crippen MR) is 75.4 cm³/mol. The van der Waals surface area contributed by atoms with Gasteiger partial charge in [-0.25, -0.2) is 18.1 Å². The van der Waals surface area contributed by atoms with Crippen LogP contribution in [0.4, 0.5) is 5.13 Å². The third-order valence-corrected chi connectivity index (χ3v) is 7.00. The van der Waals surface area contributed by atoms with E-state index in [0.29, 0.717) is 23.3 Å². The summed E-state index contributed by atoms with van der Waals surface area (Å²) in [6, 6.07) is 0. The van der Waals surface area contributed by atoms with Crippen LogP contribution in [0.25, 0.3) is 0 Å². The Morgan fingerprint density at radius 2 is 1.95 bits per heavy atom. The zero-order valence-electron chi connectivity index (χ0n) is 10.9. The van der Waals surface area contributed by atoms with E-state index in [-0.39, 0.29) is 4.21 Å². The number of aryl methyl sites for hydroxylation is 1. The number of hydrogen-bond acceptors (Lipinski definition) is 5. The molecule has 0 spiro atoms. The zero-order chi connectivity index (χ0) is 13.6. The second-order valence-corrected chi connectivity index (χ2v) is 8.61. The molecule has 0 aliphatic heterocycles. The quantitative estimate of drug-likeness (QED) is 0.838. The van der Waals surface area contributed by atoms with Crippen molar-refractivity contribution in [2.24, 2.45) is 17.8 Å². The molecule has 2 fully saturated rings. The Hall–Kier alpha value is -0.660. The number of hydrogen-bond donors (Lipinski definition) is 2. The van der Waals surface area contributed by atoms with Gasteiger partial charge >= 0.3 is 0 Å². The summed E-state index contributed by atoms with van der Waals surface area (Å²) in [5.41, 5.74) is 6.05. The number of nitrogens with zero attached hydrogens (tertiary/aromatic N) is 1. The average molecular weight is 301 g/mol. The molecule has 2 aliphatic rings. The van der Waals surface area contributed by atoms with Crippen LogP contribution in [0, 0.1) is 24.7 Å². The fourth-order valence-corrected chi connectivity index (χ4v) is 5.11. The molecule has 1 aromatic rings. The van der Waals surface area contributed by atoms with E-state index in [0.717, 1.165) is 23.2 Å². The lowest BCUT2D eigenvalue weighted by Crippen LogP contribution is -2.31. The Labute approximate surface area is 117 Å². The third kappa shape index (κ3) is 2.93. The molecule has 1 heterocycles. The van der Waals surface area contributed by atoms with Crippen LogP contribution in [-0.4, -0.2) is 19.9 Å². The highest BCUT2D eigenvalue weighted by atomic mass is 32.2. The Kier molecular flexibility index (Phi) is 3.31. The molecular formula is C12H19N3O2S2. The smallest absolute Gasteiger partial charge is 0.252 e. The molecule has 3 rings (SSSR count). The van der Waals surface area contributed by atoms with Gasteiger partial charge in [0.25, 0.3) is 10.0 Å². The number of sulfonamides is 1. The molecule has 0 radical (unpaired) electrons. The van der Waals surface area contributed by atoms with Crippen LogP contribution in [0.15, 0.2) is 4.21 Å². The summed E-state index contributed by atoms with van der Waals surface area (Å²) in [6.45, 7) is 2.25. The van der Waals surface area contributed by atoms with Gasteiger partial charge in [-0.1, -0.05) is 11.3 Å². The molecule has 2 saturated carbocycles. The molecule has 0 unspecified atom stereocenters. The van der Waals surface area contributed by atoms with Crippen molar-refractivity contribution in [3.8, 4) is 0 Å². The monoisotopic (exact) mass is 301 g/mol. The molecule has 0 amide bonds. The van der Waals surface area contributed by atoms with E-state index in [1.165, 1.54) is 25.7 Å². The molecular weight excluding hydrogens is 282 g/mol. The van der Waals surface area contributed by atoms with Crippen LogP contribution >= 0.6 is 11.3 Å². The van der Waals surface area contributed by atoms with Gasteiger partial charge in [0, 0.05) is 6.54 Å². The van der Waals surface area contributed by atoms with Gasteiger partial charge in [0.05, 0.1) is 5.69 Å². The van der Waals surface area contributed by atoms with Crippen LogP contribution < -0.4 is 10.5 Å². The fourth-order valence-electron chi connectivity index (χ4n) is 2.69. The largest absolute Gasteiger partial charge is 0.375 e. The van der Waals surface area contributed by atoms with Gasteiger partial charge in [-0.05, 0) is 50.4 Å². The number of rotatable bonds is 6. The first-order valence-corrected chi connectivity index (χ1v) is 9.00. The van der Waals surface area contributed by atoms with Gasteiger partial charge < -0.3 is 5.73 Å². The van der Waals surface area contributed by atoms with Crippen LogP contribution in [0.5, 0.6) is 0 Å². The third-order valence-electron chi connectivity index (χ3n) is 3.98. The van der Waals surface area contributed by atoms with Crippen molar-refractivity contribution in [3.63, 3.8) is 0 Å². The molecule has 106 valence electrons. The predicted octanol–water partition coefficient (Wildman–Crippen LogP) is 1.75. The number of aromatic nitrogens is 1. The summed E-state index contributed by atoms with van der Waals surface area (Å²) in [5.74, 6) is 2.01. The molecule has 19 heavy (non-hydrogen) atoms. The molecule has 0 saturated heterocycles. The minimum atomic E-state index is -3.45. The Morgan fingerprint density at radius 3 is 2.37 bits per heavy atom. The van der Waals surface area contributed by atoms with E-state index in [4.69, 9.17) is 5.73 Å². The van der Waals surface area contributed by atoms with Crippen molar-refractivity contribution < 1.29 is 8.42 Å². The number of thiazole rings is 1. The van der Waals surface area contributed by atoms with Gasteiger partial charge in [0.15, 0.2) is 9.34 Å². The SMILES string of the molecule is Cc1nc(N)sc1S(=O)(=O)NCC(C1CC1)C1CC1. The first-order chi connectivity index (χ1) is 8.97. The van der Waals surface area contributed by atoms with Crippen molar-refractivity contribution >= 4 is 26.5 Å². The van der Waals surface area contributed by atoms with E-state index in [1.807, 2.05) is 0 Å². The van der Waals surface area contributed by atoms with E-state index in [9.17, 15) is 8.42 Å². The summed E-state index contributed by atoms with van der Waals surface area (Å²) < 4.78 is 27.5. The molecule has 0 aromatic carbocycles. The van der Waals surface area contributed by atoms with Crippen molar-refractivity contribution in [2.75, 3.05) is 12.3 Å². The van der Waals surface area contributed by atoms with Gasteiger partial charge in [0.2, 0.25) is 0 Å².